The number of hydrogen-bond acceptors (Lipinski definition) is 5. The Morgan fingerprint density at radius 3 is 0.986 bits per heavy atom. The summed E-state index contributed by atoms with van der Waals surface area (Å²) in [4.78, 5) is 24.5. The second-order valence-electron chi connectivity index (χ2n) is 22.5. The zero-order valence-electron chi connectivity index (χ0n) is 48.7. The number of allylic oxidation sites excluding steroid dienone is 3. The molecule has 426 valence electrons. The van der Waals surface area contributed by atoms with E-state index < -0.39 is 12.1 Å². The Morgan fingerprint density at radius 1 is 0.375 bits per heavy atom. The van der Waals surface area contributed by atoms with Crippen molar-refractivity contribution in [2.75, 3.05) is 13.2 Å². The quantitative estimate of drug-likeness (QED) is 0.0320. The number of hydrogen-bond donors (Lipinski definition) is 3. The van der Waals surface area contributed by atoms with Gasteiger partial charge in [-0.3, -0.25) is 9.59 Å². The average Bonchev–Trinajstić information content (AvgIpc) is 3.38. The summed E-state index contributed by atoms with van der Waals surface area (Å²) in [6.45, 7) is 4.92. The van der Waals surface area contributed by atoms with E-state index in [-0.39, 0.29) is 18.5 Å². The Balaban J connectivity index is 3.41. The third-order valence-electron chi connectivity index (χ3n) is 15.2. The van der Waals surface area contributed by atoms with Crippen LogP contribution in [0.4, 0.5) is 0 Å². The van der Waals surface area contributed by atoms with Gasteiger partial charge in [0.1, 0.15) is 0 Å². The van der Waals surface area contributed by atoms with E-state index in [0.717, 1.165) is 44.9 Å². The summed E-state index contributed by atoms with van der Waals surface area (Å²) in [5.41, 5.74) is 0. The maximum atomic E-state index is 12.5. The fourth-order valence-corrected chi connectivity index (χ4v) is 10.2. The van der Waals surface area contributed by atoms with E-state index in [2.05, 4.69) is 31.3 Å². The van der Waals surface area contributed by atoms with Crippen molar-refractivity contribution in [3.05, 3.63) is 24.3 Å². The molecule has 0 heterocycles. The molecule has 2 atom stereocenters. The molecule has 0 saturated heterocycles. The van der Waals surface area contributed by atoms with Gasteiger partial charge in [-0.25, -0.2) is 0 Å². The highest BCUT2D eigenvalue weighted by atomic mass is 16.5. The molecule has 3 N–H and O–H groups in total. The van der Waals surface area contributed by atoms with Gasteiger partial charge in [0.2, 0.25) is 5.91 Å². The molecule has 0 bridgehead atoms. The Bertz CT molecular complexity index is 1120. The molecule has 0 aliphatic carbocycles. The molecule has 0 aliphatic heterocycles. The van der Waals surface area contributed by atoms with Gasteiger partial charge in [0.15, 0.2) is 0 Å². The van der Waals surface area contributed by atoms with Crippen LogP contribution in [0.2, 0.25) is 0 Å². The molecule has 0 rings (SSSR count). The lowest BCUT2D eigenvalue weighted by Gasteiger charge is -2.20. The summed E-state index contributed by atoms with van der Waals surface area (Å²) < 4.78 is 5.48. The zero-order valence-corrected chi connectivity index (χ0v) is 48.7. The Morgan fingerprint density at radius 2 is 0.653 bits per heavy atom. The van der Waals surface area contributed by atoms with E-state index in [1.807, 2.05) is 6.08 Å². The summed E-state index contributed by atoms with van der Waals surface area (Å²) in [5, 5.41) is 23.2. The number of rotatable bonds is 61. The molecule has 0 aliphatic rings. The number of unbranched alkanes of at least 4 members (excludes halogenated alkanes) is 48. The number of aliphatic hydroxyl groups is 2. The Kier molecular flexibility index (Phi) is 60.5. The van der Waals surface area contributed by atoms with Crippen LogP contribution in [0.5, 0.6) is 0 Å². The maximum Gasteiger partial charge on any atom is 0.305 e. The topological polar surface area (TPSA) is 95.9 Å². The monoisotopic (exact) mass is 1010 g/mol. The number of ether oxygens (including phenoxy) is 1. The summed E-state index contributed by atoms with van der Waals surface area (Å²) in [6.07, 6.45) is 76.5. The molecule has 6 nitrogen and oxygen atoms in total. The molecule has 0 spiro atoms. The van der Waals surface area contributed by atoms with E-state index in [1.54, 1.807) is 6.08 Å². The number of carbonyl (C=O) groups is 2. The van der Waals surface area contributed by atoms with Gasteiger partial charge in [-0.05, 0) is 57.8 Å². The molecule has 0 saturated carbocycles. The fraction of sp³-hybridized carbons (Fsp3) is 0.909. The van der Waals surface area contributed by atoms with E-state index >= 15 is 0 Å². The smallest absolute Gasteiger partial charge is 0.305 e. The highest BCUT2D eigenvalue weighted by molar-refractivity contribution is 5.76. The lowest BCUT2D eigenvalue weighted by Crippen LogP contribution is -2.45. The standard InChI is InChI=1S/C66H127NO5/c1-3-5-7-9-11-13-15-17-19-20-25-28-31-34-38-42-46-50-54-58-64(69)63(62-68)67-65(70)59-55-51-47-43-39-35-32-29-26-23-21-22-24-27-30-33-37-41-45-49-53-57-61-72-66(71)60-56-52-48-44-40-36-18-16-14-12-10-8-6-4-2/h16,18,54,58,63-64,68-69H,3-15,17,19-53,55-57,59-62H2,1-2H3,(H,67,70)/b18-16-,58-54+. The van der Waals surface area contributed by atoms with E-state index in [9.17, 15) is 19.8 Å². The van der Waals surface area contributed by atoms with Crippen molar-refractivity contribution < 1.29 is 24.5 Å². The number of nitrogens with one attached hydrogen (secondary N) is 1. The van der Waals surface area contributed by atoms with Crippen molar-refractivity contribution in [2.45, 2.75) is 373 Å². The van der Waals surface area contributed by atoms with Crippen LogP contribution in [0.1, 0.15) is 361 Å². The number of carbonyl (C=O) groups excluding carboxylic acids is 2. The second kappa shape index (κ2) is 61.9. The molecule has 6 heteroatoms. The summed E-state index contributed by atoms with van der Waals surface area (Å²) in [7, 11) is 0. The minimum absolute atomic E-state index is 0.00469. The van der Waals surface area contributed by atoms with Crippen molar-refractivity contribution in [1.82, 2.24) is 5.32 Å². The molecular weight excluding hydrogens is 887 g/mol. The van der Waals surface area contributed by atoms with Gasteiger partial charge in [-0.15, -0.1) is 0 Å². The van der Waals surface area contributed by atoms with E-state index in [4.69, 9.17) is 4.74 Å². The largest absolute Gasteiger partial charge is 0.466 e. The van der Waals surface area contributed by atoms with Crippen LogP contribution in [0.25, 0.3) is 0 Å². The molecule has 0 aromatic carbocycles. The van der Waals surface area contributed by atoms with Crippen LogP contribution >= 0.6 is 0 Å². The first-order chi connectivity index (χ1) is 35.5. The first-order valence-electron chi connectivity index (χ1n) is 32.6. The fourth-order valence-electron chi connectivity index (χ4n) is 10.2. The molecule has 0 aromatic rings. The molecule has 0 aromatic heterocycles. The third-order valence-corrected chi connectivity index (χ3v) is 15.2. The third kappa shape index (κ3) is 57.6. The van der Waals surface area contributed by atoms with Gasteiger partial charge in [0.25, 0.3) is 0 Å². The van der Waals surface area contributed by atoms with Crippen LogP contribution < -0.4 is 5.32 Å². The minimum Gasteiger partial charge on any atom is -0.466 e. The van der Waals surface area contributed by atoms with Gasteiger partial charge >= 0.3 is 5.97 Å². The number of esters is 1. The molecule has 72 heavy (non-hydrogen) atoms. The minimum atomic E-state index is -0.845. The predicted octanol–water partition coefficient (Wildman–Crippen LogP) is 20.6. The van der Waals surface area contributed by atoms with Gasteiger partial charge in [0.05, 0.1) is 25.4 Å². The maximum absolute atomic E-state index is 12.5. The second-order valence-corrected chi connectivity index (χ2v) is 22.5. The van der Waals surface area contributed by atoms with Crippen LogP contribution in [0, 0.1) is 0 Å². The molecule has 0 radical (unpaired) electrons. The Labute approximate surface area is 450 Å². The summed E-state index contributed by atoms with van der Waals surface area (Å²) in [6, 6.07) is -0.628. The molecule has 1 amide bonds. The predicted molar refractivity (Wildman–Crippen MR) is 315 cm³/mol. The van der Waals surface area contributed by atoms with Gasteiger partial charge in [0, 0.05) is 12.8 Å². The van der Waals surface area contributed by atoms with Crippen molar-refractivity contribution in [1.29, 1.82) is 0 Å². The first-order valence-corrected chi connectivity index (χ1v) is 32.6. The normalized spacial score (nSPS) is 12.7. The van der Waals surface area contributed by atoms with Crippen molar-refractivity contribution in [3.8, 4) is 0 Å². The van der Waals surface area contributed by atoms with Gasteiger partial charge < -0.3 is 20.3 Å². The number of amides is 1. The van der Waals surface area contributed by atoms with Gasteiger partial charge in [-0.1, -0.05) is 314 Å². The highest BCUT2D eigenvalue weighted by Crippen LogP contribution is 2.18. The van der Waals surface area contributed by atoms with Crippen molar-refractivity contribution >= 4 is 11.9 Å². The van der Waals surface area contributed by atoms with Crippen LogP contribution in [0.3, 0.4) is 0 Å². The van der Waals surface area contributed by atoms with Crippen LogP contribution in [-0.4, -0.2) is 47.4 Å². The van der Waals surface area contributed by atoms with Crippen molar-refractivity contribution in [3.63, 3.8) is 0 Å². The summed E-state index contributed by atoms with van der Waals surface area (Å²) >= 11 is 0. The van der Waals surface area contributed by atoms with Crippen molar-refractivity contribution in [2.24, 2.45) is 0 Å². The molecule has 2 unspecified atom stereocenters. The van der Waals surface area contributed by atoms with Crippen LogP contribution in [0.15, 0.2) is 24.3 Å². The molecular formula is C66H127NO5. The van der Waals surface area contributed by atoms with E-state index in [0.29, 0.717) is 19.4 Å². The Hall–Kier alpha value is -1.66. The first kappa shape index (κ1) is 70.3. The lowest BCUT2D eigenvalue weighted by atomic mass is 10.0. The highest BCUT2D eigenvalue weighted by Gasteiger charge is 2.18. The SMILES string of the molecule is CCCCCCC/C=C\CCCCCCCC(=O)OCCCCCCCCCCCCCCCCCCCCCCCCC(=O)NC(CO)C(O)/C=C/CCCCCCCCCCCCCCCCCCC. The molecule has 0 fully saturated rings. The van der Waals surface area contributed by atoms with Crippen LogP contribution in [-0.2, 0) is 14.3 Å². The number of aliphatic hydroxyl groups excluding tert-OH is 2. The average molecular weight is 1010 g/mol. The lowest BCUT2D eigenvalue weighted by molar-refractivity contribution is -0.143. The van der Waals surface area contributed by atoms with E-state index in [1.165, 1.54) is 289 Å². The zero-order chi connectivity index (χ0) is 52.2. The van der Waals surface area contributed by atoms with Gasteiger partial charge in [-0.2, -0.15) is 0 Å². The summed E-state index contributed by atoms with van der Waals surface area (Å²) in [5.74, 6) is -0.0604.